The molecule has 0 saturated carbocycles. The highest BCUT2D eigenvalue weighted by Crippen LogP contribution is 2.16. The molecule has 8 heteroatoms. The van der Waals surface area contributed by atoms with Crippen molar-refractivity contribution in [1.82, 2.24) is 14.7 Å². The number of hydrogen-bond acceptors (Lipinski definition) is 5. The highest BCUT2D eigenvalue weighted by atomic mass is 16.5. The Morgan fingerprint density at radius 1 is 1.44 bits per heavy atom. The summed E-state index contributed by atoms with van der Waals surface area (Å²) in [5.41, 5.74) is 8.23. The zero-order valence-corrected chi connectivity index (χ0v) is 15.8. The van der Waals surface area contributed by atoms with Crippen LogP contribution in [0.2, 0.25) is 0 Å². The minimum atomic E-state index is -0.346. The van der Waals surface area contributed by atoms with Gasteiger partial charge in [0.2, 0.25) is 11.5 Å². The Kier molecular flexibility index (Phi) is 5.36. The third-order valence-corrected chi connectivity index (χ3v) is 4.52. The van der Waals surface area contributed by atoms with Crippen molar-refractivity contribution in [3.63, 3.8) is 0 Å². The predicted molar refractivity (Wildman–Crippen MR) is 103 cm³/mol. The second-order valence-electron chi connectivity index (χ2n) is 6.26. The van der Waals surface area contributed by atoms with Gasteiger partial charge in [0.05, 0.1) is 6.54 Å². The van der Waals surface area contributed by atoms with Crippen LogP contribution in [0.5, 0.6) is 0 Å². The summed E-state index contributed by atoms with van der Waals surface area (Å²) >= 11 is 0. The molecular weight excluding hydrogens is 346 g/mol. The van der Waals surface area contributed by atoms with E-state index in [-0.39, 0.29) is 22.8 Å². The first-order valence-corrected chi connectivity index (χ1v) is 8.93. The summed E-state index contributed by atoms with van der Waals surface area (Å²) < 4.78 is 8.62. The Morgan fingerprint density at radius 3 is 2.93 bits per heavy atom. The summed E-state index contributed by atoms with van der Waals surface area (Å²) in [6.07, 6.45) is 2.36. The largest absolute Gasteiger partial charge is 0.382 e. The number of ether oxygens (including phenoxy) is 1. The molecule has 3 aromatic rings. The minimum Gasteiger partial charge on any atom is -0.382 e. The third-order valence-electron chi connectivity index (χ3n) is 4.52. The average Bonchev–Trinajstić information content (AvgIpc) is 2.67. The first kappa shape index (κ1) is 18.8. The molecule has 27 heavy (non-hydrogen) atoms. The van der Waals surface area contributed by atoms with E-state index in [2.05, 4.69) is 5.32 Å². The third kappa shape index (κ3) is 3.35. The molecule has 8 nitrogen and oxygen atoms in total. The zero-order valence-electron chi connectivity index (χ0n) is 15.8. The van der Waals surface area contributed by atoms with E-state index >= 15 is 0 Å². The van der Waals surface area contributed by atoms with Gasteiger partial charge in [-0.05, 0) is 26.0 Å². The van der Waals surface area contributed by atoms with Gasteiger partial charge in [-0.1, -0.05) is 11.1 Å². The summed E-state index contributed by atoms with van der Waals surface area (Å²) in [5, 5.41) is 2.92. The normalized spacial score (nSPS) is 11.2. The number of nitrogen functional groups attached to an aromatic ring is 1. The monoisotopic (exact) mass is 370 g/mol. The number of nitrogens with two attached hydrogens (primary N) is 1. The molecule has 0 unspecified atom stereocenters. The Morgan fingerprint density at radius 2 is 2.22 bits per heavy atom. The lowest BCUT2D eigenvalue weighted by Gasteiger charge is -2.12. The molecule has 3 N–H and O–H groups in total. The van der Waals surface area contributed by atoms with Crippen molar-refractivity contribution in [3.05, 3.63) is 45.9 Å². The predicted octanol–water partition coefficient (Wildman–Crippen LogP) is 0.812. The van der Waals surface area contributed by atoms with Gasteiger partial charge in [0.15, 0.2) is 0 Å². The number of aromatic nitrogens is 3. The van der Waals surface area contributed by atoms with Crippen LogP contribution in [0, 0.1) is 6.92 Å². The summed E-state index contributed by atoms with van der Waals surface area (Å²) in [6, 6.07) is 5.21. The number of carbonyl (C=O) groups is 1. The molecule has 0 spiro atoms. The Bertz CT molecular complexity index is 1070. The fourth-order valence-corrected chi connectivity index (χ4v) is 3.12. The molecule has 0 aliphatic heterocycles. The second kappa shape index (κ2) is 7.71. The molecule has 0 saturated heterocycles. The highest BCUT2D eigenvalue weighted by Gasteiger charge is 2.24. The van der Waals surface area contributed by atoms with E-state index in [1.54, 1.807) is 16.8 Å². The van der Waals surface area contributed by atoms with Crippen molar-refractivity contribution in [2.45, 2.75) is 26.8 Å². The van der Waals surface area contributed by atoms with Gasteiger partial charge in [0.25, 0.3) is 17.1 Å². The van der Waals surface area contributed by atoms with E-state index < -0.39 is 0 Å². The maximum Gasteiger partial charge on any atom is 0.278 e. The average molecular weight is 370 g/mol. The van der Waals surface area contributed by atoms with Crippen molar-refractivity contribution in [2.75, 3.05) is 26.0 Å². The zero-order chi connectivity index (χ0) is 19.6. The topological polar surface area (TPSA) is 103 Å². The lowest BCUT2D eigenvalue weighted by atomic mass is 10.1. The first-order chi connectivity index (χ1) is 13.0. The fourth-order valence-electron chi connectivity index (χ4n) is 3.12. The van der Waals surface area contributed by atoms with E-state index in [9.17, 15) is 9.59 Å². The smallest absolute Gasteiger partial charge is 0.278 e. The van der Waals surface area contributed by atoms with Gasteiger partial charge in [0.1, 0.15) is 10.9 Å². The van der Waals surface area contributed by atoms with Crippen molar-refractivity contribution in [1.29, 1.82) is 0 Å². The fraction of sp³-hybridized carbons (Fsp3) is 0.368. The van der Waals surface area contributed by atoms with Crippen molar-refractivity contribution < 1.29 is 14.1 Å². The molecule has 0 fully saturated rings. The molecule has 3 rings (SSSR count). The van der Waals surface area contributed by atoms with Crippen molar-refractivity contribution in [2.24, 2.45) is 0 Å². The molecular formula is C19H24N5O3+. The van der Waals surface area contributed by atoms with Crippen molar-refractivity contribution >= 4 is 28.4 Å². The van der Waals surface area contributed by atoms with Gasteiger partial charge in [-0.2, -0.15) is 0 Å². The van der Waals surface area contributed by atoms with E-state index in [4.69, 9.17) is 15.5 Å². The van der Waals surface area contributed by atoms with Crippen LogP contribution in [0.4, 0.5) is 5.82 Å². The van der Waals surface area contributed by atoms with E-state index in [1.807, 2.05) is 19.9 Å². The number of anilines is 1. The molecule has 3 aromatic heterocycles. The summed E-state index contributed by atoms with van der Waals surface area (Å²) in [4.78, 5) is 30.0. The van der Waals surface area contributed by atoms with Gasteiger partial charge in [-0.3, -0.25) is 14.0 Å². The number of rotatable bonds is 6. The van der Waals surface area contributed by atoms with Gasteiger partial charge in [-0.25, -0.2) is 4.57 Å². The van der Waals surface area contributed by atoms with E-state index in [0.717, 1.165) is 5.56 Å². The SMILES string of the molecule is CCOCCC[n+]1c(N)c(C(=O)NC)cc2c(=O)n3cccc(C)c3nc21. The van der Waals surface area contributed by atoms with Crippen molar-refractivity contribution in [3.8, 4) is 0 Å². The maximum atomic E-state index is 13.1. The van der Waals surface area contributed by atoms with Crippen LogP contribution in [0.25, 0.3) is 16.7 Å². The van der Waals surface area contributed by atoms with Crippen LogP contribution in [-0.4, -0.2) is 35.6 Å². The van der Waals surface area contributed by atoms with Crippen LogP contribution in [-0.2, 0) is 11.3 Å². The Labute approximate surface area is 156 Å². The minimum absolute atomic E-state index is 0.234. The van der Waals surface area contributed by atoms with Gasteiger partial charge in [-0.15, -0.1) is 0 Å². The quantitative estimate of drug-likeness (QED) is 0.380. The molecule has 0 aromatic carbocycles. The lowest BCUT2D eigenvalue weighted by molar-refractivity contribution is -0.659. The molecule has 1 amide bonds. The number of fused-ring (bicyclic) bond motifs is 2. The summed E-state index contributed by atoms with van der Waals surface area (Å²) in [7, 11) is 1.53. The molecule has 0 radical (unpaired) electrons. The van der Waals surface area contributed by atoms with Crippen LogP contribution >= 0.6 is 0 Å². The number of nitrogens with zero attached hydrogens (tertiary/aromatic N) is 3. The summed E-state index contributed by atoms with van der Waals surface area (Å²) in [6.45, 7) is 5.50. The number of amides is 1. The van der Waals surface area contributed by atoms with Crippen LogP contribution in [0.1, 0.15) is 29.3 Å². The standard InChI is InChI=1S/C19H23N5O3/c1-4-27-10-6-9-23-15(20)13(18(25)21-3)11-14-17(23)22-16-12(2)7-5-8-24(16)19(14)26/h5,7-8,11,20H,4,6,9-10H2,1-3H3,(H,21,25)/p+1. The Hall–Kier alpha value is -3.00. The van der Waals surface area contributed by atoms with E-state index in [1.165, 1.54) is 17.5 Å². The number of nitrogens with one attached hydrogen (secondary N) is 1. The molecule has 3 heterocycles. The van der Waals surface area contributed by atoms with Crippen LogP contribution in [0.3, 0.4) is 0 Å². The molecule has 0 bridgehead atoms. The number of hydrogen-bond donors (Lipinski definition) is 2. The summed E-state index contributed by atoms with van der Waals surface area (Å²) in [5.74, 6) is -0.0649. The first-order valence-electron chi connectivity index (χ1n) is 8.93. The maximum absolute atomic E-state index is 13.1. The molecule has 0 aliphatic carbocycles. The molecule has 0 atom stereocenters. The highest BCUT2D eigenvalue weighted by molar-refractivity contribution is 6.00. The number of carbonyl (C=O) groups excluding carboxylic acids is 1. The number of aryl methyl sites for hydroxylation is 2. The van der Waals surface area contributed by atoms with Gasteiger partial charge >= 0.3 is 0 Å². The Balaban J connectivity index is 2.31. The van der Waals surface area contributed by atoms with Crippen LogP contribution < -0.4 is 21.2 Å². The second-order valence-corrected chi connectivity index (χ2v) is 6.26. The van der Waals surface area contributed by atoms with Gasteiger partial charge in [0, 0.05) is 38.4 Å². The number of pyridine rings is 2. The molecule has 142 valence electrons. The van der Waals surface area contributed by atoms with Gasteiger partial charge < -0.3 is 15.8 Å². The van der Waals surface area contributed by atoms with Crippen LogP contribution in [0.15, 0.2) is 29.2 Å². The molecule has 0 aliphatic rings. The van der Waals surface area contributed by atoms with E-state index in [0.29, 0.717) is 42.9 Å². The lowest BCUT2D eigenvalue weighted by Crippen LogP contribution is -2.43.